The van der Waals surface area contributed by atoms with Gasteiger partial charge in [-0.25, -0.2) is 9.37 Å². The molecule has 1 fully saturated rings. The van der Waals surface area contributed by atoms with Crippen LogP contribution in [0.25, 0.3) is 11.0 Å². The first kappa shape index (κ1) is 14.5. The number of aromatic nitrogens is 2. The standard InChI is InChI=1S/C16H23FN4/c1-11(20(2)3)16-19-14-10-12(17)4-5-15(14)21(16)13-6-8-18-9-7-13/h4-5,10-11,13,18H,6-9H2,1-3H3. The van der Waals surface area contributed by atoms with E-state index in [1.165, 1.54) is 6.07 Å². The van der Waals surface area contributed by atoms with Gasteiger partial charge in [0.1, 0.15) is 11.6 Å². The molecule has 1 saturated heterocycles. The fraction of sp³-hybridized carbons (Fsp3) is 0.562. The molecule has 1 aliphatic heterocycles. The van der Waals surface area contributed by atoms with Crippen molar-refractivity contribution >= 4 is 11.0 Å². The first-order valence-corrected chi connectivity index (χ1v) is 7.62. The molecule has 114 valence electrons. The number of nitrogens with zero attached hydrogens (tertiary/aromatic N) is 3. The van der Waals surface area contributed by atoms with Crippen LogP contribution in [-0.2, 0) is 0 Å². The van der Waals surface area contributed by atoms with Crippen molar-refractivity contribution in [3.05, 3.63) is 29.8 Å². The fourth-order valence-electron chi connectivity index (χ4n) is 3.06. The van der Waals surface area contributed by atoms with Crippen molar-refractivity contribution in [3.63, 3.8) is 0 Å². The molecule has 2 aromatic rings. The van der Waals surface area contributed by atoms with Gasteiger partial charge < -0.3 is 9.88 Å². The maximum absolute atomic E-state index is 13.5. The largest absolute Gasteiger partial charge is 0.323 e. The lowest BCUT2D eigenvalue weighted by atomic mass is 10.1. The summed E-state index contributed by atoms with van der Waals surface area (Å²) in [4.78, 5) is 6.88. The third-order valence-electron chi connectivity index (χ3n) is 4.50. The van der Waals surface area contributed by atoms with Gasteiger partial charge in [0.05, 0.1) is 17.1 Å². The van der Waals surface area contributed by atoms with Crippen LogP contribution in [-0.4, -0.2) is 41.6 Å². The Kier molecular flexibility index (Phi) is 3.95. The predicted octanol–water partition coefficient (Wildman–Crippen LogP) is 2.72. The van der Waals surface area contributed by atoms with E-state index < -0.39 is 0 Å². The minimum atomic E-state index is -0.221. The van der Waals surface area contributed by atoms with Crippen LogP contribution in [0.5, 0.6) is 0 Å². The summed E-state index contributed by atoms with van der Waals surface area (Å²) in [6, 6.07) is 5.59. The van der Waals surface area contributed by atoms with Crippen LogP contribution in [0.1, 0.15) is 37.7 Å². The second-order valence-electron chi connectivity index (χ2n) is 6.09. The SMILES string of the molecule is CC(c1nc2cc(F)ccc2n1C1CCNCC1)N(C)C. The van der Waals surface area contributed by atoms with Crippen LogP contribution in [0.15, 0.2) is 18.2 Å². The van der Waals surface area contributed by atoms with Gasteiger partial charge in [-0.3, -0.25) is 4.90 Å². The molecule has 4 nitrogen and oxygen atoms in total. The van der Waals surface area contributed by atoms with E-state index in [-0.39, 0.29) is 11.9 Å². The van der Waals surface area contributed by atoms with Crippen molar-refractivity contribution in [1.82, 2.24) is 19.8 Å². The third-order valence-corrected chi connectivity index (χ3v) is 4.50. The normalized spacial score (nSPS) is 18.5. The zero-order chi connectivity index (χ0) is 15.0. The predicted molar refractivity (Wildman–Crippen MR) is 82.9 cm³/mol. The first-order valence-electron chi connectivity index (χ1n) is 7.62. The summed E-state index contributed by atoms with van der Waals surface area (Å²) in [7, 11) is 4.11. The van der Waals surface area contributed by atoms with Crippen LogP contribution in [0, 0.1) is 5.82 Å². The average molecular weight is 290 g/mol. The lowest BCUT2D eigenvalue weighted by Gasteiger charge is -2.29. The molecule has 3 rings (SSSR count). The highest BCUT2D eigenvalue weighted by atomic mass is 19.1. The number of fused-ring (bicyclic) bond motifs is 1. The second kappa shape index (κ2) is 5.73. The van der Waals surface area contributed by atoms with Gasteiger partial charge in [-0.05, 0) is 59.1 Å². The van der Waals surface area contributed by atoms with Gasteiger partial charge in [0.2, 0.25) is 0 Å². The number of hydrogen-bond acceptors (Lipinski definition) is 3. The van der Waals surface area contributed by atoms with Crippen LogP contribution < -0.4 is 5.32 Å². The summed E-state index contributed by atoms with van der Waals surface area (Å²) in [5.41, 5.74) is 1.81. The van der Waals surface area contributed by atoms with E-state index in [1.807, 2.05) is 6.07 Å². The minimum Gasteiger partial charge on any atom is -0.323 e. The van der Waals surface area contributed by atoms with Crippen LogP contribution >= 0.6 is 0 Å². The number of halogens is 1. The van der Waals surface area contributed by atoms with Crippen LogP contribution in [0.3, 0.4) is 0 Å². The number of imidazole rings is 1. The number of rotatable bonds is 3. The topological polar surface area (TPSA) is 33.1 Å². The molecule has 1 atom stereocenters. The van der Waals surface area contributed by atoms with Gasteiger partial charge in [0.25, 0.3) is 0 Å². The summed E-state index contributed by atoms with van der Waals surface area (Å²) in [6.07, 6.45) is 2.19. The number of benzene rings is 1. The van der Waals surface area contributed by atoms with Crippen LogP contribution in [0.2, 0.25) is 0 Å². The molecule has 1 unspecified atom stereocenters. The highest BCUT2D eigenvalue weighted by Crippen LogP contribution is 2.31. The Morgan fingerprint density at radius 1 is 1.33 bits per heavy atom. The van der Waals surface area contributed by atoms with E-state index in [0.717, 1.165) is 42.8 Å². The molecule has 0 saturated carbocycles. The molecule has 2 heterocycles. The Morgan fingerprint density at radius 3 is 2.71 bits per heavy atom. The van der Waals surface area contributed by atoms with Gasteiger partial charge in [-0.15, -0.1) is 0 Å². The summed E-state index contributed by atoms with van der Waals surface area (Å²) in [6.45, 7) is 4.21. The monoisotopic (exact) mass is 290 g/mol. The lowest BCUT2D eigenvalue weighted by molar-refractivity contribution is 0.283. The molecular formula is C16H23FN4. The maximum Gasteiger partial charge on any atom is 0.127 e. The molecule has 0 radical (unpaired) electrons. The molecule has 1 aliphatic rings. The number of piperidine rings is 1. The highest BCUT2D eigenvalue weighted by Gasteiger charge is 2.24. The van der Waals surface area contributed by atoms with Crippen molar-refractivity contribution in [2.24, 2.45) is 0 Å². The molecule has 5 heteroatoms. The Balaban J connectivity index is 2.14. The van der Waals surface area contributed by atoms with E-state index in [0.29, 0.717) is 6.04 Å². The van der Waals surface area contributed by atoms with E-state index >= 15 is 0 Å². The Labute approximate surface area is 125 Å². The second-order valence-corrected chi connectivity index (χ2v) is 6.09. The van der Waals surface area contributed by atoms with Gasteiger partial charge in [-0.2, -0.15) is 0 Å². The van der Waals surface area contributed by atoms with Gasteiger partial charge in [-0.1, -0.05) is 0 Å². The Morgan fingerprint density at radius 2 is 2.05 bits per heavy atom. The zero-order valence-corrected chi connectivity index (χ0v) is 12.9. The summed E-state index contributed by atoms with van der Waals surface area (Å²) < 4.78 is 15.8. The van der Waals surface area contributed by atoms with Crippen molar-refractivity contribution < 1.29 is 4.39 Å². The van der Waals surface area contributed by atoms with Crippen LogP contribution in [0.4, 0.5) is 4.39 Å². The number of hydrogen-bond donors (Lipinski definition) is 1. The quantitative estimate of drug-likeness (QED) is 0.943. The first-order chi connectivity index (χ1) is 10.1. The summed E-state index contributed by atoms with van der Waals surface area (Å²) >= 11 is 0. The zero-order valence-electron chi connectivity index (χ0n) is 12.9. The van der Waals surface area contributed by atoms with Gasteiger partial charge in [0.15, 0.2) is 0 Å². The van der Waals surface area contributed by atoms with E-state index in [2.05, 4.69) is 35.8 Å². The molecule has 0 amide bonds. The molecule has 1 N–H and O–H groups in total. The summed E-state index contributed by atoms with van der Waals surface area (Å²) in [5, 5.41) is 3.40. The van der Waals surface area contributed by atoms with Gasteiger partial charge >= 0.3 is 0 Å². The van der Waals surface area contributed by atoms with E-state index in [4.69, 9.17) is 4.98 Å². The molecular weight excluding hydrogens is 267 g/mol. The maximum atomic E-state index is 13.5. The van der Waals surface area contributed by atoms with Gasteiger partial charge in [0, 0.05) is 12.1 Å². The van der Waals surface area contributed by atoms with Crippen molar-refractivity contribution in [1.29, 1.82) is 0 Å². The molecule has 21 heavy (non-hydrogen) atoms. The summed E-state index contributed by atoms with van der Waals surface area (Å²) in [5.74, 6) is 0.814. The van der Waals surface area contributed by atoms with Crippen molar-refractivity contribution in [2.45, 2.75) is 31.8 Å². The lowest BCUT2D eigenvalue weighted by Crippen LogP contribution is -2.31. The van der Waals surface area contributed by atoms with Crippen molar-refractivity contribution in [3.8, 4) is 0 Å². The van der Waals surface area contributed by atoms with E-state index in [1.54, 1.807) is 6.07 Å². The molecule has 0 aliphatic carbocycles. The van der Waals surface area contributed by atoms with E-state index in [9.17, 15) is 4.39 Å². The third kappa shape index (κ3) is 2.68. The molecule has 1 aromatic carbocycles. The van der Waals surface area contributed by atoms with Crippen molar-refractivity contribution in [2.75, 3.05) is 27.2 Å². The Hall–Kier alpha value is -1.46. The smallest absolute Gasteiger partial charge is 0.127 e. The molecule has 0 bridgehead atoms. The minimum absolute atomic E-state index is 0.204. The average Bonchev–Trinajstić information content (AvgIpc) is 2.85. The number of nitrogens with one attached hydrogen (secondary N) is 1. The fourth-order valence-corrected chi connectivity index (χ4v) is 3.06. The Bertz CT molecular complexity index is 628. The molecule has 0 spiro atoms. The molecule has 1 aromatic heterocycles. The highest BCUT2D eigenvalue weighted by molar-refractivity contribution is 5.76.